The minimum Gasteiger partial charge on any atom is -0.460 e. The molecule has 1 heterocycles. The fourth-order valence-corrected chi connectivity index (χ4v) is 2.30. The van der Waals surface area contributed by atoms with Crippen LogP contribution in [0.4, 0.5) is 9.59 Å². The maximum absolute atomic E-state index is 12.4. The maximum atomic E-state index is 12.4. The molecule has 0 spiro atoms. The highest BCUT2D eigenvalue weighted by atomic mass is 79.9. The first-order valence-electron chi connectivity index (χ1n) is 7.60. The minimum absolute atomic E-state index is 0.235. The van der Waals surface area contributed by atoms with Gasteiger partial charge in [0.2, 0.25) is 0 Å². The van der Waals surface area contributed by atoms with Crippen LogP contribution in [0.2, 0.25) is 0 Å². The predicted octanol–water partition coefficient (Wildman–Crippen LogP) is 2.74. The molecule has 0 saturated carbocycles. The summed E-state index contributed by atoms with van der Waals surface area (Å²) in [4.78, 5) is 36.4. The molecule has 0 aliphatic carbocycles. The van der Waals surface area contributed by atoms with Crippen LogP contribution in [0.3, 0.4) is 0 Å². The number of nitrogens with zero attached hydrogens (tertiary/aromatic N) is 1. The van der Waals surface area contributed by atoms with Gasteiger partial charge in [0.1, 0.15) is 17.3 Å². The van der Waals surface area contributed by atoms with Gasteiger partial charge in [-0.25, -0.2) is 24.8 Å². The number of rotatable bonds is 2. The molecule has 0 aromatic rings. The average Bonchev–Trinajstić information content (AvgIpc) is 2.73. The smallest absolute Gasteiger partial charge is 0.430 e. The van der Waals surface area contributed by atoms with E-state index in [1.54, 1.807) is 41.5 Å². The first kappa shape index (κ1) is 20.5. The predicted molar refractivity (Wildman–Crippen MR) is 89.5 cm³/mol. The van der Waals surface area contributed by atoms with Gasteiger partial charge in [0.15, 0.2) is 6.04 Å². The van der Waals surface area contributed by atoms with Crippen molar-refractivity contribution in [3.63, 3.8) is 0 Å². The highest BCUT2D eigenvalue weighted by Crippen LogP contribution is 2.22. The van der Waals surface area contributed by atoms with Crippen molar-refractivity contribution in [3.8, 4) is 0 Å². The molecule has 1 aliphatic rings. The summed E-state index contributed by atoms with van der Waals surface area (Å²) in [5.41, 5.74) is 0.753. The van der Waals surface area contributed by atoms with E-state index >= 15 is 0 Å². The van der Waals surface area contributed by atoms with Crippen LogP contribution in [0.15, 0.2) is 0 Å². The lowest BCUT2D eigenvalue weighted by Crippen LogP contribution is -2.55. The fraction of sp³-hybridized carbons (Fsp3) is 0.800. The highest BCUT2D eigenvalue weighted by Gasteiger charge is 2.43. The molecule has 1 aliphatic heterocycles. The van der Waals surface area contributed by atoms with E-state index in [-0.39, 0.29) is 12.5 Å². The zero-order chi connectivity index (χ0) is 18.7. The van der Waals surface area contributed by atoms with Gasteiger partial charge in [0.25, 0.3) is 0 Å². The number of ether oxygens (including phenoxy) is 3. The van der Waals surface area contributed by atoms with E-state index < -0.39 is 35.4 Å². The number of esters is 1. The molecule has 24 heavy (non-hydrogen) atoms. The second-order valence-electron chi connectivity index (χ2n) is 7.43. The largest absolute Gasteiger partial charge is 0.460 e. The van der Waals surface area contributed by atoms with Gasteiger partial charge < -0.3 is 14.2 Å². The molecule has 0 radical (unpaired) electrons. The van der Waals surface area contributed by atoms with Crippen molar-refractivity contribution in [3.05, 3.63) is 0 Å². The summed E-state index contributed by atoms with van der Waals surface area (Å²) in [5, 5.41) is 1.27. The van der Waals surface area contributed by atoms with Gasteiger partial charge in [-0.1, -0.05) is 15.9 Å². The van der Waals surface area contributed by atoms with Crippen LogP contribution in [0.1, 0.15) is 48.0 Å². The van der Waals surface area contributed by atoms with E-state index in [4.69, 9.17) is 14.2 Å². The number of alkyl halides is 1. The fourth-order valence-electron chi connectivity index (χ4n) is 1.90. The third-order valence-electron chi connectivity index (χ3n) is 2.73. The van der Waals surface area contributed by atoms with E-state index in [0.29, 0.717) is 5.33 Å². The SMILES string of the molecule is CC(C)(C)OC(=O)NN(C(=O)OC(C)(C)C)[C@@H]1C[C@H](CBr)OC1=O. The Morgan fingerprint density at radius 1 is 1.21 bits per heavy atom. The highest BCUT2D eigenvalue weighted by molar-refractivity contribution is 9.09. The molecular formula is C15H25BrN2O6. The summed E-state index contributed by atoms with van der Waals surface area (Å²) in [5.74, 6) is -0.610. The van der Waals surface area contributed by atoms with Gasteiger partial charge in [-0.3, -0.25) is 0 Å². The lowest BCUT2D eigenvalue weighted by atomic mass is 10.2. The van der Waals surface area contributed by atoms with Gasteiger partial charge >= 0.3 is 18.2 Å². The lowest BCUT2D eigenvalue weighted by Gasteiger charge is -2.30. The quantitative estimate of drug-likeness (QED) is 0.326. The van der Waals surface area contributed by atoms with Crippen molar-refractivity contribution in [2.75, 3.05) is 5.33 Å². The van der Waals surface area contributed by atoms with Gasteiger partial charge in [-0.15, -0.1) is 0 Å². The second-order valence-corrected chi connectivity index (χ2v) is 8.08. The Balaban J connectivity index is 2.93. The summed E-state index contributed by atoms with van der Waals surface area (Å²) in [7, 11) is 0. The normalized spacial score (nSPS) is 21.0. The van der Waals surface area contributed by atoms with Crippen molar-refractivity contribution in [1.29, 1.82) is 0 Å². The first-order chi connectivity index (χ1) is 10.8. The van der Waals surface area contributed by atoms with Crippen LogP contribution in [0.5, 0.6) is 0 Å². The van der Waals surface area contributed by atoms with Crippen LogP contribution >= 0.6 is 15.9 Å². The van der Waals surface area contributed by atoms with Crippen LogP contribution in [0, 0.1) is 0 Å². The van der Waals surface area contributed by atoms with E-state index in [0.717, 1.165) is 5.01 Å². The molecule has 1 rings (SSSR count). The molecule has 0 unspecified atom stereocenters. The van der Waals surface area contributed by atoms with Crippen LogP contribution in [-0.4, -0.2) is 51.8 Å². The van der Waals surface area contributed by atoms with E-state index in [1.807, 2.05) is 0 Å². The van der Waals surface area contributed by atoms with Crippen LogP contribution in [-0.2, 0) is 19.0 Å². The van der Waals surface area contributed by atoms with Gasteiger partial charge in [-0.05, 0) is 41.5 Å². The molecule has 138 valence electrons. The van der Waals surface area contributed by atoms with Gasteiger partial charge in [-0.2, -0.15) is 0 Å². The van der Waals surface area contributed by atoms with Crippen molar-refractivity contribution >= 4 is 34.1 Å². The molecule has 9 heteroatoms. The molecular weight excluding hydrogens is 384 g/mol. The summed E-state index contributed by atoms with van der Waals surface area (Å²) in [6, 6.07) is -0.977. The maximum Gasteiger partial charge on any atom is 0.430 e. The standard InChI is InChI=1S/C15H25BrN2O6/c1-14(2,3)23-12(20)17-18(13(21)24-15(4,5)6)10-7-9(8-16)22-11(10)19/h9-10H,7-8H2,1-6H3,(H,17,20)/t9-,10-/m1/s1. The molecule has 1 saturated heterocycles. The Kier molecular flexibility index (Phi) is 6.49. The summed E-state index contributed by atoms with van der Waals surface area (Å²) >= 11 is 3.23. The van der Waals surface area contributed by atoms with Gasteiger partial charge in [0, 0.05) is 11.8 Å². The molecule has 8 nitrogen and oxygen atoms in total. The Labute approximate surface area is 150 Å². The van der Waals surface area contributed by atoms with Crippen LogP contribution in [0.25, 0.3) is 0 Å². The number of hydrogen-bond acceptors (Lipinski definition) is 6. The molecule has 2 atom stereocenters. The molecule has 0 bridgehead atoms. The molecule has 2 amide bonds. The molecule has 0 aromatic heterocycles. The Bertz CT molecular complexity index is 497. The number of hydrogen-bond donors (Lipinski definition) is 1. The Morgan fingerprint density at radius 3 is 2.17 bits per heavy atom. The number of carbonyl (C=O) groups excluding carboxylic acids is 3. The van der Waals surface area contributed by atoms with Crippen molar-refractivity contribution < 1.29 is 28.6 Å². The van der Waals surface area contributed by atoms with E-state index in [2.05, 4.69) is 21.4 Å². The minimum atomic E-state index is -0.977. The van der Waals surface area contributed by atoms with Crippen LogP contribution < -0.4 is 5.43 Å². The third kappa shape index (κ3) is 6.54. The number of nitrogens with one attached hydrogen (secondary N) is 1. The Hall–Kier alpha value is -1.51. The number of carbonyl (C=O) groups is 3. The summed E-state index contributed by atoms with van der Waals surface area (Å²) in [6.45, 7) is 10.1. The van der Waals surface area contributed by atoms with Gasteiger partial charge in [0.05, 0.1) is 0 Å². The topological polar surface area (TPSA) is 94.2 Å². The molecule has 1 N–H and O–H groups in total. The average molecular weight is 409 g/mol. The summed E-state index contributed by atoms with van der Waals surface area (Å²) in [6.07, 6.45) is -1.86. The second kappa shape index (κ2) is 7.58. The number of amides is 2. The monoisotopic (exact) mass is 408 g/mol. The molecule has 1 fully saturated rings. The van der Waals surface area contributed by atoms with E-state index in [1.165, 1.54) is 0 Å². The summed E-state index contributed by atoms with van der Waals surface area (Å²) < 4.78 is 15.5. The lowest BCUT2D eigenvalue weighted by molar-refractivity contribution is -0.145. The number of hydrazine groups is 1. The zero-order valence-corrected chi connectivity index (χ0v) is 16.4. The zero-order valence-electron chi connectivity index (χ0n) is 14.8. The third-order valence-corrected chi connectivity index (χ3v) is 3.45. The number of halogens is 1. The van der Waals surface area contributed by atoms with Crippen molar-refractivity contribution in [1.82, 2.24) is 10.4 Å². The molecule has 0 aromatic carbocycles. The van der Waals surface area contributed by atoms with Crippen molar-refractivity contribution in [2.24, 2.45) is 0 Å². The van der Waals surface area contributed by atoms with Crippen molar-refractivity contribution in [2.45, 2.75) is 71.3 Å². The number of cyclic esters (lactones) is 1. The van der Waals surface area contributed by atoms with E-state index in [9.17, 15) is 14.4 Å². The first-order valence-corrected chi connectivity index (χ1v) is 8.73. The Morgan fingerprint density at radius 2 is 1.75 bits per heavy atom.